The standard InChI is InChI=1S/C15H14OS2/c1-2-6-11-7-5-10-14-15(11)17-12-8-3-4-9-13(12)18(14)16/h3-5,7-10H,2,6H2,1H3. The molecule has 1 aliphatic heterocycles. The van der Waals surface area contributed by atoms with Crippen LogP contribution in [0, 0.1) is 0 Å². The number of benzene rings is 2. The minimum atomic E-state index is -1.02. The van der Waals surface area contributed by atoms with Crippen molar-refractivity contribution in [2.24, 2.45) is 0 Å². The lowest BCUT2D eigenvalue weighted by Gasteiger charge is -2.20. The van der Waals surface area contributed by atoms with Crippen molar-refractivity contribution in [3.8, 4) is 0 Å². The second-order valence-corrected chi connectivity index (χ2v) is 6.78. The largest absolute Gasteiger partial charge is 0.249 e. The van der Waals surface area contributed by atoms with Crippen LogP contribution in [0.1, 0.15) is 18.9 Å². The molecule has 1 unspecified atom stereocenters. The van der Waals surface area contributed by atoms with Crippen LogP contribution in [0.3, 0.4) is 0 Å². The predicted molar refractivity (Wildman–Crippen MR) is 75.7 cm³/mol. The van der Waals surface area contributed by atoms with Gasteiger partial charge in [0, 0.05) is 9.79 Å². The monoisotopic (exact) mass is 274 g/mol. The second kappa shape index (κ2) is 4.90. The molecule has 1 nitrogen and oxygen atoms in total. The van der Waals surface area contributed by atoms with E-state index in [4.69, 9.17) is 0 Å². The molecule has 92 valence electrons. The van der Waals surface area contributed by atoms with E-state index in [0.29, 0.717) is 0 Å². The van der Waals surface area contributed by atoms with E-state index in [9.17, 15) is 4.21 Å². The molecule has 0 saturated carbocycles. The maximum absolute atomic E-state index is 12.6. The van der Waals surface area contributed by atoms with Gasteiger partial charge in [-0.1, -0.05) is 49.4 Å². The summed E-state index contributed by atoms with van der Waals surface area (Å²) in [6.07, 6.45) is 2.17. The molecule has 0 fully saturated rings. The first-order valence-corrected chi connectivity index (χ1v) is 8.08. The highest BCUT2D eigenvalue weighted by atomic mass is 32.2. The molecule has 1 heterocycles. The van der Waals surface area contributed by atoms with Crippen LogP contribution in [0.4, 0.5) is 0 Å². The Bertz CT molecular complexity index is 620. The SMILES string of the molecule is CCCc1cccc2c1Sc1ccccc1S2=O. The normalized spacial score (nSPS) is 17.1. The van der Waals surface area contributed by atoms with Crippen LogP contribution < -0.4 is 0 Å². The van der Waals surface area contributed by atoms with E-state index in [2.05, 4.69) is 19.1 Å². The first kappa shape index (κ1) is 12.0. The van der Waals surface area contributed by atoms with Crippen molar-refractivity contribution in [2.75, 3.05) is 0 Å². The van der Waals surface area contributed by atoms with Crippen LogP contribution in [-0.4, -0.2) is 4.21 Å². The van der Waals surface area contributed by atoms with E-state index < -0.39 is 10.8 Å². The van der Waals surface area contributed by atoms with Gasteiger partial charge in [-0.25, -0.2) is 4.21 Å². The molecule has 0 bridgehead atoms. The summed E-state index contributed by atoms with van der Waals surface area (Å²) >= 11 is 1.76. The van der Waals surface area contributed by atoms with E-state index in [0.717, 1.165) is 27.5 Å². The van der Waals surface area contributed by atoms with Gasteiger partial charge in [0.1, 0.15) is 0 Å². The minimum absolute atomic E-state index is 0.948. The molecule has 1 atom stereocenters. The molecule has 0 saturated heterocycles. The van der Waals surface area contributed by atoms with Gasteiger partial charge >= 0.3 is 0 Å². The molecule has 0 radical (unpaired) electrons. The van der Waals surface area contributed by atoms with E-state index in [1.165, 1.54) is 10.5 Å². The smallest absolute Gasteiger partial charge is 0.0872 e. The van der Waals surface area contributed by atoms with Crippen LogP contribution in [0.25, 0.3) is 0 Å². The summed E-state index contributed by atoms with van der Waals surface area (Å²) in [4.78, 5) is 4.26. The number of fused-ring (bicyclic) bond motifs is 2. The molecule has 2 aromatic carbocycles. The molecule has 3 rings (SSSR count). The van der Waals surface area contributed by atoms with E-state index in [1.807, 2.05) is 30.3 Å². The van der Waals surface area contributed by atoms with Crippen molar-refractivity contribution in [1.82, 2.24) is 0 Å². The lowest BCUT2D eigenvalue weighted by atomic mass is 10.1. The van der Waals surface area contributed by atoms with Gasteiger partial charge in [0.2, 0.25) is 0 Å². The first-order chi connectivity index (χ1) is 8.81. The number of hydrogen-bond donors (Lipinski definition) is 0. The average molecular weight is 274 g/mol. The maximum Gasteiger partial charge on any atom is 0.0872 e. The van der Waals surface area contributed by atoms with Crippen molar-refractivity contribution in [1.29, 1.82) is 0 Å². The molecule has 0 amide bonds. The molecule has 0 aliphatic carbocycles. The Morgan fingerprint density at radius 2 is 1.83 bits per heavy atom. The lowest BCUT2D eigenvalue weighted by Crippen LogP contribution is -2.04. The Morgan fingerprint density at radius 3 is 2.67 bits per heavy atom. The zero-order valence-corrected chi connectivity index (χ0v) is 11.8. The van der Waals surface area contributed by atoms with Gasteiger partial charge < -0.3 is 0 Å². The van der Waals surface area contributed by atoms with Gasteiger partial charge in [-0.15, -0.1) is 0 Å². The Morgan fingerprint density at radius 1 is 1.06 bits per heavy atom. The van der Waals surface area contributed by atoms with E-state index in [1.54, 1.807) is 11.8 Å². The van der Waals surface area contributed by atoms with E-state index >= 15 is 0 Å². The summed E-state index contributed by atoms with van der Waals surface area (Å²) < 4.78 is 12.6. The fourth-order valence-corrected chi connectivity index (χ4v) is 5.11. The number of aryl methyl sites for hydroxylation is 1. The van der Waals surface area contributed by atoms with Gasteiger partial charge in [-0.2, -0.15) is 0 Å². The Hall–Kier alpha value is -1.06. The van der Waals surface area contributed by atoms with Gasteiger partial charge in [0.05, 0.1) is 20.6 Å². The molecular formula is C15H14OS2. The van der Waals surface area contributed by atoms with Crippen LogP contribution in [-0.2, 0) is 17.2 Å². The topological polar surface area (TPSA) is 17.1 Å². The summed E-state index contributed by atoms with van der Waals surface area (Å²) in [5.41, 5.74) is 1.32. The molecule has 0 aromatic heterocycles. The van der Waals surface area contributed by atoms with Gasteiger partial charge in [0.15, 0.2) is 0 Å². The maximum atomic E-state index is 12.6. The summed E-state index contributed by atoms with van der Waals surface area (Å²) in [5.74, 6) is 0. The third-order valence-corrected chi connectivity index (χ3v) is 6.06. The summed E-state index contributed by atoms with van der Waals surface area (Å²) in [6, 6.07) is 14.2. The number of hydrogen-bond acceptors (Lipinski definition) is 2. The van der Waals surface area contributed by atoms with Crippen LogP contribution in [0.15, 0.2) is 62.0 Å². The van der Waals surface area contributed by atoms with Crippen LogP contribution in [0.5, 0.6) is 0 Å². The lowest BCUT2D eigenvalue weighted by molar-refractivity contribution is 0.678. The van der Waals surface area contributed by atoms with Crippen molar-refractivity contribution in [2.45, 2.75) is 39.3 Å². The Balaban J connectivity index is 2.16. The Kier molecular flexibility index (Phi) is 3.27. The average Bonchev–Trinajstić information content (AvgIpc) is 2.40. The molecular weight excluding hydrogens is 260 g/mol. The molecule has 3 heteroatoms. The second-order valence-electron chi connectivity index (χ2n) is 4.31. The fourth-order valence-electron chi connectivity index (χ4n) is 2.21. The third-order valence-electron chi connectivity index (χ3n) is 3.04. The van der Waals surface area contributed by atoms with Crippen molar-refractivity contribution < 1.29 is 4.21 Å². The highest BCUT2D eigenvalue weighted by Gasteiger charge is 2.24. The summed E-state index contributed by atoms with van der Waals surface area (Å²) in [5, 5.41) is 0. The third kappa shape index (κ3) is 1.91. The van der Waals surface area contributed by atoms with Crippen molar-refractivity contribution in [3.63, 3.8) is 0 Å². The van der Waals surface area contributed by atoms with Crippen molar-refractivity contribution in [3.05, 3.63) is 48.0 Å². The highest BCUT2D eigenvalue weighted by Crippen LogP contribution is 2.44. The van der Waals surface area contributed by atoms with Crippen LogP contribution in [0.2, 0.25) is 0 Å². The number of rotatable bonds is 2. The Labute approximate surface area is 114 Å². The van der Waals surface area contributed by atoms with Crippen molar-refractivity contribution >= 4 is 22.6 Å². The van der Waals surface area contributed by atoms with Gasteiger partial charge in [-0.3, -0.25) is 0 Å². The van der Waals surface area contributed by atoms with Gasteiger partial charge in [0.25, 0.3) is 0 Å². The first-order valence-electron chi connectivity index (χ1n) is 6.12. The summed E-state index contributed by atoms with van der Waals surface area (Å²) in [7, 11) is -1.02. The molecule has 1 aliphatic rings. The summed E-state index contributed by atoms with van der Waals surface area (Å²) in [6.45, 7) is 2.18. The molecule has 2 aromatic rings. The van der Waals surface area contributed by atoms with Crippen LogP contribution >= 0.6 is 11.8 Å². The molecule has 0 N–H and O–H groups in total. The minimum Gasteiger partial charge on any atom is -0.249 e. The zero-order chi connectivity index (χ0) is 12.5. The zero-order valence-electron chi connectivity index (χ0n) is 10.2. The fraction of sp³-hybridized carbons (Fsp3) is 0.200. The predicted octanol–water partition coefficient (Wildman–Crippen LogP) is 4.27. The molecule has 18 heavy (non-hydrogen) atoms. The quantitative estimate of drug-likeness (QED) is 0.694. The molecule has 0 spiro atoms. The highest BCUT2D eigenvalue weighted by molar-refractivity contribution is 8.01. The van der Waals surface area contributed by atoms with Gasteiger partial charge in [-0.05, 0) is 30.2 Å². The van der Waals surface area contributed by atoms with E-state index in [-0.39, 0.29) is 0 Å².